The van der Waals surface area contributed by atoms with Crippen LogP contribution in [0.5, 0.6) is 17.2 Å². The highest BCUT2D eigenvalue weighted by atomic mass is 35.5. The topological polar surface area (TPSA) is 60.0 Å². The molecule has 3 aromatic rings. The molecule has 4 rings (SSSR count). The molecule has 0 unspecified atom stereocenters. The summed E-state index contributed by atoms with van der Waals surface area (Å²) < 4.78 is 16.7. The summed E-state index contributed by atoms with van der Waals surface area (Å²) in [5.41, 5.74) is 2.79. The minimum absolute atomic E-state index is 0.0983. The number of methoxy groups -OCH3 is 2. The van der Waals surface area contributed by atoms with Crippen LogP contribution in [0.1, 0.15) is 34.3 Å². The summed E-state index contributed by atoms with van der Waals surface area (Å²) in [6.45, 7) is 3.13. The van der Waals surface area contributed by atoms with Gasteiger partial charge in [0.2, 0.25) is 0 Å². The van der Waals surface area contributed by atoms with Crippen molar-refractivity contribution >= 4 is 17.5 Å². The number of halogens is 1. The third-order valence-electron chi connectivity index (χ3n) is 6.20. The first-order valence-electron chi connectivity index (χ1n) is 11.8. The van der Waals surface area contributed by atoms with Gasteiger partial charge in [-0.05, 0) is 66.4 Å². The van der Waals surface area contributed by atoms with E-state index < -0.39 is 0 Å². The summed E-state index contributed by atoms with van der Waals surface area (Å²) in [4.78, 5) is 15.3. The normalized spacial score (nSPS) is 14.4. The molecule has 0 radical (unpaired) electrons. The van der Waals surface area contributed by atoms with Gasteiger partial charge in [-0.2, -0.15) is 0 Å². The third kappa shape index (κ3) is 6.90. The van der Waals surface area contributed by atoms with Gasteiger partial charge in [0.05, 0.1) is 14.2 Å². The van der Waals surface area contributed by atoms with E-state index in [1.54, 1.807) is 32.4 Å². The van der Waals surface area contributed by atoms with Crippen LogP contribution in [0.25, 0.3) is 0 Å². The number of benzene rings is 3. The molecule has 0 saturated carbocycles. The van der Waals surface area contributed by atoms with Gasteiger partial charge in [0.1, 0.15) is 12.4 Å². The fourth-order valence-corrected chi connectivity index (χ4v) is 4.33. The quantitative estimate of drug-likeness (QED) is 0.435. The van der Waals surface area contributed by atoms with Crippen LogP contribution in [0, 0.1) is 0 Å². The lowest BCUT2D eigenvalue weighted by atomic mass is 10.0. The second-order valence-electron chi connectivity index (χ2n) is 8.66. The Kier molecular flexibility index (Phi) is 8.50. The van der Waals surface area contributed by atoms with Crippen molar-refractivity contribution in [1.82, 2.24) is 10.2 Å². The van der Waals surface area contributed by atoms with Crippen LogP contribution in [0.3, 0.4) is 0 Å². The fourth-order valence-electron chi connectivity index (χ4n) is 4.20. The van der Waals surface area contributed by atoms with Crippen molar-refractivity contribution in [2.24, 2.45) is 0 Å². The highest BCUT2D eigenvalue weighted by Gasteiger charge is 2.22. The van der Waals surface area contributed by atoms with Gasteiger partial charge in [0, 0.05) is 36.3 Å². The summed E-state index contributed by atoms with van der Waals surface area (Å²) in [5.74, 6) is 1.89. The Bertz CT molecular complexity index is 1130. The molecule has 184 valence electrons. The van der Waals surface area contributed by atoms with E-state index in [1.165, 1.54) is 5.56 Å². The Morgan fingerprint density at radius 2 is 1.71 bits per heavy atom. The van der Waals surface area contributed by atoms with Crippen LogP contribution in [-0.2, 0) is 13.2 Å². The van der Waals surface area contributed by atoms with Crippen molar-refractivity contribution in [3.8, 4) is 17.2 Å². The summed E-state index contributed by atoms with van der Waals surface area (Å²) in [5, 5.41) is 3.86. The number of hydrogen-bond acceptors (Lipinski definition) is 5. The Balaban J connectivity index is 1.28. The zero-order valence-corrected chi connectivity index (χ0v) is 20.9. The van der Waals surface area contributed by atoms with E-state index in [1.807, 2.05) is 36.4 Å². The summed E-state index contributed by atoms with van der Waals surface area (Å²) in [6.07, 6.45) is 1.82. The van der Waals surface area contributed by atoms with Gasteiger partial charge in [-0.3, -0.25) is 9.69 Å². The first-order chi connectivity index (χ1) is 17.0. The Hall–Kier alpha value is -3.22. The maximum absolute atomic E-state index is 12.9. The number of hydrogen-bond donors (Lipinski definition) is 1. The predicted molar refractivity (Wildman–Crippen MR) is 138 cm³/mol. The molecule has 7 heteroatoms. The van der Waals surface area contributed by atoms with E-state index in [0.717, 1.165) is 43.8 Å². The van der Waals surface area contributed by atoms with Crippen LogP contribution < -0.4 is 19.5 Å². The standard InChI is InChI=1S/C28H31ClN2O4/c1-33-25-5-3-4-21(16-25)18-31-14-12-24(13-15-31)30-28(32)22-8-11-26(27(17-22)34-2)35-19-20-6-9-23(29)10-7-20/h3-11,16-17,24H,12-15,18-19H2,1-2H3,(H,30,32). The second-order valence-corrected chi connectivity index (χ2v) is 9.09. The van der Waals surface area contributed by atoms with Crippen LogP contribution in [-0.4, -0.2) is 44.2 Å². The number of nitrogens with zero attached hydrogens (tertiary/aromatic N) is 1. The van der Waals surface area contributed by atoms with E-state index in [4.69, 9.17) is 25.8 Å². The van der Waals surface area contributed by atoms with Crippen molar-refractivity contribution in [1.29, 1.82) is 0 Å². The first kappa shape index (κ1) is 24.9. The molecule has 6 nitrogen and oxygen atoms in total. The molecule has 1 saturated heterocycles. The van der Waals surface area contributed by atoms with Crippen molar-refractivity contribution in [2.75, 3.05) is 27.3 Å². The average Bonchev–Trinajstić information content (AvgIpc) is 2.89. The van der Waals surface area contributed by atoms with Gasteiger partial charge in [0.15, 0.2) is 11.5 Å². The molecule has 1 fully saturated rings. The van der Waals surface area contributed by atoms with Crippen LogP contribution in [0.2, 0.25) is 5.02 Å². The molecule has 1 N–H and O–H groups in total. The van der Waals surface area contributed by atoms with Crippen molar-refractivity contribution in [3.05, 3.63) is 88.4 Å². The maximum atomic E-state index is 12.9. The Labute approximate surface area is 211 Å². The van der Waals surface area contributed by atoms with Crippen molar-refractivity contribution in [3.63, 3.8) is 0 Å². The maximum Gasteiger partial charge on any atom is 0.251 e. The van der Waals surface area contributed by atoms with E-state index in [-0.39, 0.29) is 11.9 Å². The highest BCUT2D eigenvalue weighted by molar-refractivity contribution is 6.30. The first-order valence-corrected chi connectivity index (χ1v) is 12.1. The summed E-state index contributed by atoms with van der Waals surface area (Å²) in [7, 11) is 3.26. The highest BCUT2D eigenvalue weighted by Crippen LogP contribution is 2.29. The molecule has 1 aliphatic heterocycles. The monoisotopic (exact) mass is 494 g/mol. The molecular formula is C28H31ClN2O4. The average molecular weight is 495 g/mol. The fraction of sp³-hybridized carbons (Fsp3) is 0.321. The number of piperidine rings is 1. The second kappa shape index (κ2) is 12.0. The number of carbonyl (C=O) groups excluding carboxylic acids is 1. The van der Waals surface area contributed by atoms with Gasteiger partial charge in [-0.1, -0.05) is 35.9 Å². The molecule has 35 heavy (non-hydrogen) atoms. The predicted octanol–water partition coefficient (Wildman–Crippen LogP) is 5.33. The van der Waals surface area contributed by atoms with E-state index in [0.29, 0.717) is 28.7 Å². The van der Waals surface area contributed by atoms with Crippen molar-refractivity contribution < 1.29 is 19.0 Å². The number of likely N-dealkylation sites (tertiary alicyclic amines) is 1. The lowest BCUT2D eigenvalue weighted by Gasteiger charge is -2.32. The third-order valence-corrected chi connectivity index (χ3v) is 6.45. The largest absolute Gasteiger partial charge is 0.497 e. The van der Waals surface area contributed by atoms with Gasteiger partial charge >= 0.3 is 0 Å². The van der Waals surface area contributed by atoms with E-state index >= 15 is 0 Å². The molecule has 1 heterocycles. The molecule has 0 spiro atoms. The molecule has 1 amide bonds. The number of nitrogens with one attached hydrogen (secondary N) is 1. The molecule has 0 bridgehead atoms. The smallest absolute Gasteiger partial charge is 0.251 e. The number of amides is 1. The van der Waals surface area contributed by atoms with Crippen LogP contribution in [0.15, 0.2) is 66.7 Å². The molecule has 1 aliphatic rings. The number of carbonyl (C=O) groups is 1. The lowest BCUT2D eigenvalue weighted by Crippen LogP contribution is -2.44. The van der Waals surface area contributed by atoms with Crippen molar-refractivity contribution in [2.45, 2.75) is 32.0 Å². The zero-order valence-electron chi connectivity index (χ0n) is 20.1. The van der Waals surface area contributed by atoms with E-state index in [2.05, 4.69) is 22.3 Å². The molecule has 0 aromatic heterocycles. The minimum Gasteiger partial charge on any atom is -0.497 e. The number of rotatable bonds is 9. The lowest BCUT2D eigenvalue weighted by molar-refractivity contribution is 0.0908. The summed E-state index contributed by atoms with van der Waals surface area (Å²) >= 11 is 5.94. The van der Waals surface area contributed by atoms with Gasteiger partial charge in [-0.25, -0.2) is 0 Å². The molecule has 0 atom stereocenters. The number of ether oxygens (including phenoxy) is 3. The van der Waals surface area contributed by atoms with Gasteiger partial charge in [0.25, 0.3) is 5.91 Å². The van der Waals surface area contributed by atoms with Crippen LogP contribution >= 0.6 is 11.6 Å². The Morgan fingerprint density at radius 3 is 2.43 bits per heavy atom. The van der Waals surface area contributed by atoms with E-state index in [9.17, 15) is 4.79 Å². The Morgan fingerprint density at radius 1 is 0.943 bits per heavy atom. The molecular weight excluding hydrogens is 464 g/mol. The SMILES string of the molecule is COc1cccc(CN2CCC(NC(=O)c3ccc(OCc4ccc(Cl)cc4)c(OC)c3)CC2)c1. The molecule has 3 aromatic carbocycles. The zero-order chi connectivity index (χ0) is 24.6. The van der Waals surface area contributed by atoms with Gasteiger partial charge in [-0.15, -0.1) is 0 Å². The van der Waals surface area contributed by atoms with Gasteiger partial charge < -0.3 is 19.5 Å². The summed E-state index contributed by atoms with van der Waals surface area (Å²) in [6, 6.07) is 21.1. The minimum atomic E-state index is -0.0983. The van der Waals surface area contributed by atoms with Crippen LogP contribution in [0.4, 0.5) is 0 Å². The molecule has 0 aliphatic carbocycles.